The van der Waals surface area contributed by atoms with Gasteiger partial charge in [0.05, 0.1) is 6.61 Å². The Labute approximate surface area is 119 Å². The molecule has 19 heavy (non-hydrogen) atoms. The minimum atomic E-state index is -0.325. The van der Waals surface area contributed by atoms with E-state index in [-0.39, 0.29) is 6.09 Å². The molecule has 104 valence electrons. The first-order valence-corrected chi connectivity index (χ1v) is 6.57. The number of amides is 1. The Kier molecular flexibility index (Phi) is 5.76. The van der Waals surface area contributed by atoms with Gasteiger partial charge in [0.25, 0.3) is 0 Å². The van der Waals surface area contributed by atoms with Crippen molar-refractivity contribution in [3.05, 3.63) is 35.4 Å². The Morgan fingerprint density at radius 1 is 1.47 bits per heavy atom. The van der Waals surface area contributed by atoms with E-state index >= 15 is 0 Å². The maximum Gasteiger partial charge on any atom is 0.409 e. The number of carbonyl (C=O) groups excluding carboxylic acids is 1. The van der Waals surface area contributed by atoms with Crippen LogP contribution in [-0.2, 0) is 11.3 Å². The number of ether oxygens (including phenoxy) is 1. The zero-order chi connectivity index (χ0) is 14.4. The molecule has 0 aliphatic heterocycles. The molecule has 5 heteroatoms. The van der Waals surface area contributed by atoms with E-state index in [2.05, 4.69) is 0 Å². The summed E-state index contributed by atoms with van der Waals surface area (Å²) < 4.78 is 5.15. The molecule has 0 unspecified atom stereocenters. The molecule has 1 aromatic rings. The van der Waals surface area contributed by atoms with E-state index in [4.69, 9.17) is 22.7 Å². The van der Waals surface area contributed by atoms with Crippen molar-refractivity contribution in [3.8, 4) is 0 Å². The monoisotopic (exact) mass is 280 g/mol. The van der Waals surface area contributed by atoms with Crippen molar-refractivity contribution in [1.29, 1.82) is 0 Å². The fourth-order valence-electron chi connectivity index (χ4n) is 1.51. The summed E-state index contributed by atoms with van der Waals surface area (Å²) >= 11 is 4.93. The number of hydrogen-bond acceptors (Lipinski definition) is 3. The highest BCUT2D eigenvalue weighted by molar-refractivity contribution is 7.80. The van der Waals surface area contributed by atoms with Gasteiger partial charge >= 0.3 is 6.09 Å². The summed E-state index contributed by atoms with van der Waals surface area (Å²) in [5.41, 5.74) is 7.35. The van der Waals surface area contributed by atoms with E-state index in [0.717, 1.165) is 11.1 Å². The average molecular weight is 280 g/mol. The quantitative estimate of drug-likeness (QED) is 0.842. The van der Waals surface area contributed by atoms with Crippen LogP contribution < -0.4 is 5.73 Å². The van der Waals surface area contributed by atoms with Crippen molar-refractivity contribution in [2.45, 2.75) is 20.4 Å². The largest absolute Gasteiger partial charge is 0.449 e. The zero-order valence-corrected chi connectivity index (χ0v) is 12.4. The molecule has 0 aromatic heterocycles. The third kappa shape index (κ3) is 5.26. The van der Waals surface area contributed by atoms with Crippen LogP contribution in [0.3, 0.4) is 0 Å². The molecule has 0 spiro atoms. The van der Waals surface area contributed by atoms with Gasteiger partial charge in [-0.1, -0.05) is 44.3 Å². The summed E-state index contributed by atoms with van der Waals surface area (Å²) in [5.74, 6) is 0.329. The van der Waals surface area contributed by atoms with Gasteiger partial charge in [-0.25, -0.2) is 4.79 Å². The van der Waals surface area contributed by atoms with Crippen LogP contribution in [0.25, 0.3) is 0 Å². The van der Waals surface area contributed by atoms with E-state index in [1.165, 1.54) is 4.90 Å². The lowest BCUT2D eigenvalue weighted by molar-refractivity contribution is 0.0980. The lowest BCUT2D eigenvalue weighted by Crippen LogP contribution is -2.28. The number of rotatable bonds is 5. The third-order valence-corrected chi connectivity index (χ3v) is 2.72. The molecule has 0 heterocycles. The second-order valence-corrected chi connectivity index (χ2v) is 5.33. The first-order valence-electron chi connectivity index (χ1n) is 6.16. The summed E-state index contributed by atoms with van der Waals surface area (Å²) in [6, 6.07) is 7.53. The van der Waals surface area contributed by atoms with Gasteiger partial charge < -0.3 is 15.4 Å². The Morgan fingerprint density at radius 3 is 2.74 bits per heavy atom. The van der Waals surface area contributed by atoms with Gasteiger partial charge in [-0.05, 0) is 17.5 Å². The van der Waals surface area contributed by atoms with E-state index in [1.54, 1.807) is 7.05 Å². The van der Waals surface area contributed by atoms with Gasteiger partial charge in [-0.15, -0.1) is 0 Å². The third-order valence-electron chi connectivity index (χ3n) is 2.48. The number of nitrogens with zero attached hydrogens (tertiary/aromatic N) is 1. The second kappa shape index (κ2) is 7.09. The average Bonchev–Trinajstić information content (AvgIpc) is 2.36. The fraction of sp³-hybridized carbons (Fsp3) is 0.429. The van der Waals surface area contributed by atoms with Crippen LogP contribution in [0.15, 0.2) is 24.3 Å². The molecule has 1 aromatic carbocycles. The standard InChI is InChI=1S/C14H20N2O2S/c1-10(2)9-18-14(17)16(3)8-11-5-4-6-12(7-11)13(15)19/h4-7,10H,8-9H2,1-3H3,(H2,15,19). The molecule has 1 rings (SSSR count). The van der Waals surface area contributed by atoms with E-state index < -0.39 is 0 Å². The number of hydrogen-bond donors (Lipinski definition) is 1. The number of nitrogens with two attached hydrogens (primary N) is 1. The molecule has 0 radical (unpaired) electrons. The minimum absolute atomic E-state index is 0.325. The summed E-state index contributed by atoms with van der Waals surface area (Å²) in [5, 5.41) is 0. The first-order chi connectivity index (χ1) is 8.90. The molecule has 0 bridgehead atoms. The smallest absolute Gasteiger partial charge is 0.409 e. The van der Waals surface area contributed by atoms with Crippen LogP contribution in [0.2, 0.25) is 0 Å². The van der Waals surface area contributed by atoms with Crippen LogP contribution in [0, 0.1) is 5.92 Å². The van der Waals surface area contributed by atoms with Gasteiger partial charge in [-0.3, -0.25) is 0 Å². The summed E-state index contributed by atoms with van der Waals surface area (Å²) in [7, 11) is 1.70. The molecule has 4 nitrogen and oxygen atoms in total. The predicted molar refractivity (Wildman–Crippen MR) is 80.0 cm³/mol. The maximum atomic E-state index is 11.7. The van der Waals surface area contributed by atoms with Crippen molar-refractivity contribution < 1.29 is 9.53 Å². The molecule has 0 aliphatic carbocycles. The van der Waals surface area contributed by atoms with Crippen molar-refractivity contribution in [2.24, 2.45) is 11.7 Å². The van der Waals surface area contributed by atoms with E-state index in [0.29, 0.717) is 24.1 Å². The lowest BCUT2D eigenvalue weighted by atomic mass is 10.1. The summed E-state index contributed by atoms with van der Waals surface area (Å²) in [6.45, 7) is 4.89. The second-order valence-electron chi connectivity index (χ2n) is 4.89. The first kappa shape index (κ1) is 15.4. The van der Waals surface area contributed by atoms with Crippen molar-refractivity contribution in [2.75, 3.05) is 13.7 Å². The van der Waals surface area contributed by atoms with Crippen molar-refractivity contribution in [1.82, 2.24) is 4.90 Å². The zero-order valence-electron chi connectivity index (χ0n) is 11.6. The summed E-state index contributed by atoms with van der Waals surface area (Å²) in [4.78, 5) is 13.6. The van der Waals surface area contributed by atoms with Crippen molar-refractivity contribution in [3.63, 3.8) is 0 Å². The SMILES string of the molecule is CC(C)COC(=O)N(C)Cc1cccc(C(N)=S)c1. The molecule has 2 N–H and O–H groups in total. The molecule has 0 fully saturated rings. The van der Waals surface area contributed by atoms with Crippen LogP contribution in [0.4, 0.5) is 4.79 Å². The molecule has 0 atom stereocenters. The summed E-state index contributed by atoms with van der Waals surface area (Å²) in [6.07, 6.45) is -0.325. The Balaban J connectivity index is 2.61. The number of thiocarbonyl (C=S) groups is 1. The highest BCUT2D eigenvalue weighted by Crippen LogP contribution is 2.09. The lowest BCUT2D eigenvalue weighted by Gasteiger charge is -2.18. The molecular weight excluding hydrogens is 260 g/mol. The van der Waals surface area contributed by atoms with Crippen LogP contribution >= 0.6 is 12.2 Å². The minimum Gasteiger partial charge on any atom is -0.449 e. The Morgan fingerprint density at radius 2 is 2.16 bits per heavy atom. The highest BCUT2D eigenvalue weighted by Gasteiger charge is 2.11. The molecular formula is C14H20N2O2S. The normalized spacial score (nSPS) is 10.3. The molecule has 0 saturated carbocycles. The Bertz CT molecular complexity index is 461. The molecule has 1 amide bonds. The van der Waals surface area contributed by atoms with Crippen LogP contribution in [0.5, 0.6) is 0 Å². The topological polar surface area (TPSA) is 55.6 Å². The Hall–Kier alpha value is -1.62. The molecule has 0 aliphatic rings. The van der Waals surface area contributed by atoms with E-state index in [9.17, 15) is 4.79 Å². The van der Waals surface area contributed by atoms with E-state index in [1.807, 2.05) is 38.1 Å². The van der Waals surface area contributed by atoms with Gasteiger partial charge in [0.2, 0.25) is 0 Å². The van der Waals surface area contributed by atoms with Crippen LogP contribution in [0.1, 0.15) is 25.0 Å². The van der Waals surface area contributed by atoms with Gasteiger partial charge in [-0.2, -0.15) is 0 Å². The highest BCUT2D eigenvalue weighted by atomic mass is 32.1. The van der Waals surface area contributed by atoms with Gasteiger partial charge in [0, 0.05) is 19.2 Å². The number of benzene rings is 1. The maximum absolute atomic E-state index is 11.7. The van der Waals surface area contributed by atoms with Gasteiger partial charge in [0.1, 0.15) is 4.99 Å². The van der Waals surface area contributed by atoms with Gasteiger partial charge in [0.15, 0.2) is 0 Å². The van der Waals surface area contributed by atoms with Crippen LogP contribution in [-0.4, -0.2) is 29.6 Å². The van der Waals surface area contributed by atoms with Crippen molar-refractivity contribution >= 4 is 23.3 Å². The fourth-order valence-corrected chi connectivity index (χ4v) is 1.64. The predicted octanol–water partition coefficient (Wildman–Crippen LogP) is 2.55. The molecule has 0 saturated heterocycles. The number of carbonyl (C=O) groups is 1.